The van der Waals surface area contributed by atoms with Gasteiger partial charge >= 0.3 is 0 Å². The van der Waals surface area contributed by atoms with Crippen molar-refractivity contribution in [1.82, 2.24) is 20.2 Å². The third-order valence-electron chi connectivity index (χ3n) is 2.22. The summed E-state index contributed by atoms with van der Waals surface area (Å²) in [5.74, 6) is 0.0782. The summed E-state index contributed by atoms with van der Waals surface area (Å²) in [7, 11) is 0. The van der Waals surface area contributed by atoms with E-state index in [-0.39, 0.29) is 24.1 Å². The quantitative estimate of drug-likeness (QED) is 0.806. The van der Waals surface area contributed by atoms with Crippen LogP contribution in [0.3, 0.4) is 0 Å². The fourth-order valence-corrected chi connectivity index (χ4v) is 1.53. The Morgan fingerprint density at radius 1 is 1.31 bits per heavy atom. The van der Waals surface area contributed by atoms with Gasteiger partial charge in [-0.25, -0.2) is 9.97 Å². The average molecular weight is 263 g/mol. The van der Waals surface area contributed by atoms with Gasteiger partial charge in [0.2, 0.25) is 5.82 Å². The van der Waals surface area contributed by atoms with Crippen LogP contribution >= 0.6 is 24.0 Å². The summed E-state index contributed by atoms with van der Waals surface area (Å²) in [5.41, 5.74) is 0. The minimum Gasteiger partial charge on any atom is -0.333 e. The first-order valence-corrected chi connectivity index (χ1v) is 5.13. The van der Waals surface area contributed by atoms with E-state index in [0.717, 1.165) is 13.1 Å². The fraction of sp³-hybridized carbons (Fsp3) is 0.444. The normalized spacial score (nSPS) is 15.4. The van der Waals surface area contributed by atoms with E-state index >= 15 is 0 Å². The smallest absolute Gasteiger partial charge is 0.291 e. The van der Waals surface area contributed by atoms with Gasteiger partial charge in [-0.15, -0.1) is 12.4 Å². The summed E-state index contributed by atoms with van der Waals surface area (Å²) in [6, 6.07) is 0. The lowest BCUT2D eigenvalue weighted by Gasteiger charge is -2.26. The number of carbonyl (C=O) groups excluding carboxylic acids is 1. The van der Waals surface area contributed by atoms with Gasteiger partial charge in [0.05, 0.1) is 5.02 Å². The molecule has 1 amide bonds. The van der Waals surface area contributed by atoms with Gasteiger partial charge in [0.15, 0.2) is 0 Å². The summed E-state index contributed by atoms with van der Waals surface area (Å²) in [5, 5.41) is 3.61. The Kier molecular flexibility index (Phi) is 4.92. The zero-order chi connectivity index (χ0) is 10.7. The number of carbonyl (C=O) groups is 1. The van der Waals surface area contributed by atoms with Crippen LogP contribution in [0.15, 0.2) is 12.4 Å². The van der Waals surface area contributed by atoms with Crippen molar-refractivity contribution >= 4 is 29.9 Å². The highest BCUT2D eigenvalue weighted by molar-refractivity contribution is 6.30. The van der Waals surface area contributed by atoms with E-state index in [0.29, 0.717) is 18.1 Å². The molecular formula is C9H12Cl2N4O. The van der Waals surface area contributed by atoms with Gasteiger partial charge in [-0.1, -0.05) is 11.6 Å². The Balaban J connectivity index is 0.00000128. The number of amides is 1. The second kappa shape index (κ2) is 5.98. The van der Waals surface area contributed by atoms with Crippen LogP contribution in [0.25, 0.3) is 0 Å². The lowest BCUT2D eigenvalue weighted by atomic mass is 10.3. The summed E-state index contributed by atoms with van der Waals surface area (Å²) in [4.78, 5) is 21.4. The number of hydrogen-bond acceptors (Lipinski definition) is 4. The molecular weight excluding hydrogens is 251 g/mol. The highest BCUT2D eigenvalue weighted by atomic mass is 35.5. The zero-order valence-electron chi connectivity index (χ0n) is 8.52. The molecule has 1 N–H and O–H groups in total. The standard InChI is InChI=1S/C9H11ClN4O.ClH/c10-7-5-12-8(13-6-7)9(15)14-3-1-11-2-4-14;/h5-6,11H,1-4H2;1H. The second-order valence-corrected chi connectivity index (χ2v) is 3.70. The predicted molar refractivity (Wildman–Crippen MR) is 63.1 cm³/mol. The van der Waals surface area contributed by atoms with Gasteiger partial charge in [0.25, 0.3) is 5.91 Å². The molecule has 1 aliphatic heterocycles. The molecule has 0 bridgehead atoms. The number of nitrogens with zero attached hydrogens (tertiary/aromatic N) is 3. The lowest BCUT2D eigenvalue weighted by Crippen LogP contribution is -2.46. The lowest BCUT2D eigenvalue weighted by molar-refractivity contribution is 0.0723. The number of hydrogen-bond donors (Lipinski definition) is 1. The summed E-state index contributed by atoms with van der Waals surface area (Å²) in [6.07, 6.45) is 2.87. The van der Waals surface area contributed by atoms with E-state index in [2.05, 4.69) is 15.3 Å². The number of halogens is 2. The van der Waals surface area contributed by atoms with Crippen LogP contribution < -0.4 is 5.32 Å². The van der Waals surface area contributed by atoms with E-state index in [1.165, 1.54) is 12.4 Å². The van der Waals surface area contributed by atoms with Gasteiger partial charge in [-0.3, -0.25) is 4.79 Å². The molecule has 0 radical (unpaired) electrons. The van der Waals surface area contributed by atoms with Crippen LogP contribution in [0.1, 0.15) is 10.6 Å². The molecule has 0 aromatic carbocycles. The van der Waals surface area contributed by atoms with Crippen LogP contribution in [0.4, 0.5) is 0 Å². The van der Waals surface area contributed by atoms with E-state index in [4.69, 9.17) is 11.6 Å². The van der Waals surface area contributed by atoms with Crippen molar-refractivity contribution in [1.29, 1.82) is 0 Å². The van der Waals surface area contributed by atoms with Crippen LogP contribution in [0, 0.1) is 0 Å². The highest BCUT2D eigenvalue weighted by Crippen LogP contribution is 2.05. The fourth-order valence-electron chi connectivity index (χ4n) is 1.43. The van der Waals surface area contributed by atoms with Gasteiger partial charge < -0.3 is 10.2 Å². The third-order valence-corrected chi connectivity index (χ3v) is 2.41. The van der Waals surface area contributed by atoms with Crippen molar-refractivity contribution < 1.29 is 4.79 Å². The van der Waals surface area contributed by atoms with Crippen LogP contribution in [0.5, 0.6) is 0 Å². The molecule has 1 fully saturated rings. The maximum Gasteiger partial charge on any atom is 0.291 e. The first kappa shape index (κ1) is 13.2. The molecule has 0 saturated carbocycles. The second-order valence-electron chi connectivity index (χ2n) is 3.27. The van der Waals surface area contributed by atoms with Gasteiger partial charge in [0.1, 0.15) is 0 Å². The monoisotopic (exact) mass is 262 g/mol. The van der Waals surface area contributed by atoms with Gasteiger partial charge in [0, 0.05) is 38.6 Å². The van der Waals surface area contributed by atoms with E-state index in [1.807, 2.05) is 0 Å². The molecule has 0 atom stereocenters. The number of aromatic nitrogens is 2. The Morgan fingerprint density at radius 3 is 2.44 bits per heavy atom. The van der Waals surface area contributed by atoms with Gasteiger partial charge in [-0.2, -0.15) is 0 Å². The zero-order valence-corrected chi connectivity index (χ0v) is 10.1. The van der Waals surface area contributed by atoms with Crippen molar-refractivity contribution in [2.75, 3.05) is 26.2 Å². The molecule has 0 spiro atoms. The topological polar surface area (TPSA) is 58.1 Å². The maximum atomic E-state index is 11.8. The first-order valence-electron chi connectivity index (χ1n) is 4.75. The molecule has 0 aliphatic carbocycles. The predicted octanol–water partition coefficient (Wildman–Crippen LogP) is 0.597. The Hall–Kier alpha value is -0.910. The Labute approximate surface area is 105 Å². The maximum absolute atomic E-state index is 11.8. The highest BCUT2D eigenvalue weighted by Gasteiger charge is 2.19. The summed E-state index contributed by atoms with van der Waals surface area (Å²) >= 11 is 5.64. The number of piperazine rings is 1. The third kappa shape index (κ3) is 3.04. The van der Waals surface area contributed by atoms with Crippen molar-refractivity contribution in [3.8, 4) is 0 Å². The molecule has 1 saturated heterocycles. The minimum absolute atomic E-state index is 0. The van der Waals surface area contributed by atoms with E-state index in [9.17, 15) is 4.79 Å². The van der Waals surface area contributed by atoms with Crippen molar-refractivity contribution in [2.24, 2.45) is 0 Å². The van der Waals surface area contributed by atoms with E-state index < -0.39 is 0 Å². The molecule has 1 aliphatic rings. The molecule has 1 aromatic rings. The molecule has 5 nitrogen and oxygen atoms in total. The number of nitrogens with one attached hydrogen (secondary N) is 1. The molecule has 16 heavy (non-hydrogen) atoms. The van der Waals surface area contributed by atoms with Crippen LogP contribution in [-0.2, 0) is 0 Å². The van der Waals surface area contributed by atoms with Crippen LogP contribution in [-0.4, -0.2) is 47.0 Å². The molecule has 2 heterocycles. The van der Waals surface area contributed by atoms with Crippen molar-refractivity contribution in [3.63, 3.8) is 0 Å². The van der Waals surface area contributed by atoms with Crippen LogP contribution in [0.2, 0.25) is 5.02 Å². The summed E-state index contributed by atoms with van der Waals surface area (Å²) in [6.45, 7) is 3.04. The molecule has 7 heteroatoms. The number of rotatable bonds is 1. The van der Waals surface area contributed by atoms with Crippen molar-refractivity contribution in [2.45, 2.75) is 0 Å². The minimum atomic E-state index is -0.131. The van der Waals surface area contributed by atoms with E-state index in [1.54, 1.807) is 4.90 Å². The first-order chi connectivity index (χ1) is 7.27. The van der Waals surface area contributed by atoms with Gasteiger partial charge in [-0.05, 0) is 0 Å². The SMILES string of the molecule is Cl.O=C(c1ncc(Cl)cn1)N1CCNCC1. The Bertz CT molecular complexity index is 351. The average Bonchev–Trinajstić information content (AvgIpc) is 2.30. The summed E-state index contributed by atoms with van der Waals surface area (Å²) < 4.78 is 0. The molecule has 0 unspecified atom stereocenters. The molecule has 2 rings (SSSR count). The van der Waals surface area contributed by atoms with Crippen molar-refractivity contribution in [3.05, 3.63) is 23.2 Å². The Morgan fingerprint density at radius 2 is 1.88 bits per heavy atom. The molecule has 1 aromatic heterocycles. The largest absolute Gasteiger partial charge is 0.333 e. The molecule has 88 valence electrons.